The third kappa shape index (κ3) is 9.22. The maximum absolute atomic E-state index is 11.8. The van der Waals surface area contributed by atoms with Crippen molar-refractivity contribution in [1.82, 2.24) is 40.2 Å². The summed E-state index contributed by atoms with van der Waals surface area (Å²) < 4.78 is 14.8. The van der Waals surface area contributed by atoms with E-state index in [2.05, 4.69) is 35.9 Å². The molecule has 0 bridgehead atoms. The molecule has 0 aliphatic rings. The number of benzene rings is 4. The number of nitrogens with one attached hydrogen (secondary N) is 2. The van der Waals surface area contributed by atoms with Crippen molar-refractivity contribution < 1.29 is 23.4 Å². The molecule has 4 N–H and O–H groups in total. The summed E-state index contributed by atoms with van der Waals surface area (Å²) in [4.78, 5) is 50.8. The average molecular weight is 860 g/mol. The number of ether oxygens (including phenoxy) is 1. The van der Waals surface area contributed by atoms with Crippen molar-refractivity contribution in [3.05, 3.63) is 181 Å². The summed E-state index contributed by atoms with van der Waals surface area (Å²) in [5.74, 6) is 0.514. The molecule has 0 aliphatic carbocycles. The van der Waals surface area contributed by atoms with E-state index in [1.807, 2.05) is 133 Å². The van der Waals surface area contributed by atoms with Crippen LogP contribution in [0.1, 0.15) is 32.5 Å². The topological polar surface area (TPSA) is 223 Å². The van der Waals surface area contributed by atoms with Crippen LogP contribution in [-0.2, 0) is 17.8 Å². The van der Waals surface area contributed by atoms with E-state index in [-0.39, 0.29) is 11.5 Å². The lowest BCUT2D eigenvalue weighted by molar-refractivity contribution is 0.0554. The van der Waals surface area contributed by atoms with E-state index in [1.165, 1.54) is 19.2 Å². The van der Waals surface area contributed by atoms with Gasteiger partial charge in [0.2, 0.25) is 11.5 Å². The molecule has 65 heavy (non-hydrogen) atoms. The van der Waals surface area contributed by atoms with Crippen molar-refractivity contribution >= 4 is 45.3 Å². The highest BCUT2D eigenvalue weighted by Crippen LogP contribution is 2.36. The number of fused-ring (bicyclic) bond motifs is 2. The monoisotopic (exact) mass is 859 g/mol. The molecule has 1 amide bonds. The molecule has 4 aromatic carbocycles. The van der Waals surface area contributed by atoms with Gasteiger partial charge < -0.3 is 30.2 Å². The number of amides is 1. The van der Waals surface area contributed by atoms with Gasteiger partial charge in [-0.3, -0.25) is 14.8 Å². The highest BCUT2D eigenvalue weighted by molar-refractivity contribution is 6.03. The van der Waals surface area contributed by atoms with Crippen LogP contribution in [0.2, 0.25) is 0 Å². The van der Waals surface area contributed by atoms with Gasteiger partial charge in [-0.15, -0.1) is 0 Å². The first kappa shape index (κ1) is 41.2. The SMILES string of the molecule is COC(=O)c1cc(-c2nc(NCc3ccccn3)c3c(-c4ccccc4)cccc3n2)no1.NC(=O)c1cc(-c2nc(NCc3ccccn3)c3c(-c4ccccc4)cccc3n2)no1. The van der Waals surface area contributed by atoms with Crippen LogP contribution in [0.4, 0.5) is 11.6 Å². The molecule has 16 heteroatoms. The molecule has 0 aliphatic heterocycles. The number of rotatable bonds is 12. The van der Waals surface area contributed by atoms with Crippen molar-refractivity contribution in [3.8, 4) is 45.3 Å². The van der Waals surface area contributed by atoms with E-state index in [4.69, 9.17) is 34.5 Å². The van der Waals surface area contributed by atoms with Gasteiger partial charge in [-0.05, 0) is 58.7 Å². The van der Waals surface area contributed by atoms with Crippen LogP contribution in [0, 0.1) is 0 Å². The van der Waals surface area contributed by atoms with Crippen LogP contribution in [0.3, 0.4) is 0 Å². The summed E-state index contributed by atoms with van der Waals surface area (Å²) in [5, 5.41) is 16.4. The molecular formula is C49H37N11O5. The molecule has 318 valence electrons. The van der Waals surface area contributed by atoms with Crippen molar-refractivity contribution in [2.24, 2.45) is 5.73 Å². The Morgan fingerprint density at radius 3 is 1.45 bits per heavy atom. The van der Waals surface area contributed by atoms with E-state index in [0.717, 1.165) is 55.4 Å². The predicted octanol–water partition coefficient (Wildman–Crippen LogP) is 8.80. The molecule has 10 aromatic rings. The third-order valence-electron chi connectivity index (χ3n) is 10.1. The van der Waals surface area contributed by atoms with Crippen LogP contribution in [0.15, 0.2) is 167 Å². The Balaban J connectivity index is 0.000000164. The normalized spacial score (nSPS) is 10.8. The summed E-state index contributed by atoms with van der Waals surface area (Å²) in [6, 6.07) is 46.3. The highest BCUT2D eigenvalue weighted by atomic mass is 16.5. The Labute approximate surface area is 370 Å². The van der Waals surface area contributed by atoms with Gasteiger partial charge in [-0.2, -0.15) is 0 Å². The number of pyridine rings is 2. The molecule has 0 unspecified atom stereocenters. The smallest absolute Gasteiger partial charge is 0.376 e. The summed E-state index contributed by atoms with van der Waals surface area (Å²) in [6.45, 7) is 0.947. The summed E-state index contributed by atoms with van der Waals surface area (Å²) in [6.07, 6.45) is 3.50. The van der Waals surface area contributed by atoms with Crippen molar-refractivity contribution in [2.75, 3.05) is 17.7 Å². The number of carbonyl (C=O) groups is 2. The van der Waals surface area contributed by atoms with Crippen molar-refractivity contribution in [3.63, 3.8) is 0 Å². The number of nitrogens with two attached hydrogens (primary N) is 1. The van der Waals surface area contributed by atoms with Crippen molar-refractivity contribution in [2.45, 2.75) is 13.1 Å². The zero-order valence-electron chi connectivity index (χ0n) is 34.6. The van der Waals surface area contributed by atoms with Gasteiger partial charge in [0.1, 0.15) is 11.6 Å². The minimum Gasteiger partial charge on any atom is -0.463 e. The maximum atomic E-state index is 11.8. The molecule has 10 rings (SSSR count). The van der Waals surface area contributed by atoms with E-state index in [9.17, 15) is 9.59 Å². The summed E-state index contributed by atoms with van der Waals surface area (Å²) in [7, 11) is 1.28. The second kappa shape index (κ2) is 18.8. The Kier molecular flexibility index (Phi) is 11.9. The van der Waals surface area contributed by atoms with Crippen LogP contribution in [0.25, 0.3) is 67.1 Å². The largest absolute Gasteiger partial charge is 0.463 e. The number of hydrogen-bond donors (Lipinski definition) is 3. The first-order valence-electron chi connectivity index (χ1n) is 20.2. The standard InChI is InChI=1S/C25H19N5O3.C24H18N6O2/c1-32-25(31)21-14-20(30-33-21)23-28-19-12-7-11-18(16-8-3-2-4-9-16)22(19)24(29-23)27-15-17-10-5-6-13-26-17;25-22(31)20-13-19(30-32-20)23-28-18-11-6-10-17(15-7-2-1-3-8-15)21(18)24(29-23)27-14-16-9-4-5-12-26-16/h2-14H,15H2,1H3,(H,27,28,29);1-13H,14H2,(H2,25,31)(H,27,28,29). The Morgan fingerprint density at radius 1 is 0.554 bits per heavy atom. The molecule has 0 radical (unpaired) electrons. The van der Waals surface area contributed by atoms with E-state index < -0.39 is 11.9 Å². The minimum atomic E-state index is -0.704. The first-order valence-corrected chi connectivity index (χ1v) is 20.2. The number of primary amides is 1. The fourth-order valence-corrected chi connectivity index (χ4v) is 7.00. The highest BCUT2D eigenvalue weighted by Gasteiger charge is 2.21. The van der Waals surface area contributed by atoms with Crippen LogP contribution in [-0.4, -0.2) is 59.2 Å². The zero-order valence-corrected chi connectivity index (χ0v) is 34.6. The number of esters is 1. The lowest BCUT2D eigenvalue weighted by atomic mass is 10.0. The van der Waals surface area contributed by atoms with Gasteiger partial charge in [0.15, 0.2) is 23.0 Å². The molecule has 0 atom stereocenters. The molecule has 0 spiro atoms. The molecule has 0 fully saturated rings. The Hall–Kier alpha value is -9.18. The van der Waals surface area contributed by atoms with E-state index >= 15 is 0 Å². The number of methoxy groups -OCH3 is 1. The zero-order chi connectivity index (χ0) is 44.5. The fourth-order valence-electron chi connectivity index (χ4n) is 7.00. The number of carbonyl (C=O) groups excluding carboxylic acids is 2. The van der Waals surface area contributed by atoms with E-state index in [0.29, 0.717) is 47.8 Å². The van der Waals surface area contributed by atoms with Gasteiger partial charge in [0.25, 0.3) is 5.91 Å². The van der Waals surface area contributed by atoms with E-state index in [1.54, 1.807) is 12.4 Å². The lowest BCUT2D eigenvalue weighted by Gasteiger charge is -2.13. The van der Waals surface area contributed by atoms with Gasteiger partial charge >= 0.3 is 5.97 Å². The second-order valence-electron chi connectivity index (χ2n) is 14.3. The molecular weight excluding hydrogens is 823 g/mol. The Morgan fingerprint density at radius 2 is 1.02 bits per heavy atom. The van der Waals surface area contributed by atoms with Gasteiger partial charge in [-0.1, -0.05) is 107 Å². The molecule has 6 heterocycles. The number of aromatic nitrogens is 8. The molecule has 16 nitrogen and oxygen atoms in total. The fraction of sp³-hybridized carbons (Fsp3) is 0.0612. The van der Waals surface area contributed by atoms with Crippen LogP contribution < -0.4 is 16.4 Å². The number of nitrogens with zero attached hydrogens (tertiary/aromatic N) is 8. The third-order valence-corrected chi connectivity index (χ3v) is 10.1. The molecule has 6 aromatic heterocycles. The van der Waals surface area contributed by atoms with Crippen molar-refractivity contribution in [1.29, 1.82) is 0 Å². The quantitative estimate of drug-likeness (QED) is 0.0977. The summed E-state index contributed by atoms with van der Waals surface area (Å²) >= 11 is 0. The second-order valence-corrected chi connectivity index (χ2v) is 14.3. The van der Waals surface area contributed by atoms with Gasteiger partial charge in [0.05, 0.1) is 53.4 Å². The first-order chi connectivity index (χ1) is 31.9. The maximum Gasteiger partial charge on any atom is 0.376 e. The predicted molar refractivity (Wildman–Crippen MR) is 244 cm³/mol. The average Bonchev–Trinajstić information content (AvgIpc) is 4.08. The number of hydrogen-bond acceptors (Lipinski definition) is 15. The number of anilines is 2. The van der Waals surface area contributed by atoms with Crippen LogP contribution >= 0.6 is 0 Å². The summed E-state index contributed by atoms with van der Waals surface area (Å²) in [5.41, 5.74) is 13.2. The molecule has 0 saturated carbocycles. The lowest BCUT2D eigenvalue weighted by Crippen LogP contribution is -2.09. The van der Waals surface area contributed by atoms with Gasteiger partial charge in [-0.25, -0.2) is 24.7 Å². The minimum absolute atomic E-state index is 0.0165. The molecule has 0 saturated heterocycles. The van der Waals surface area contributed by atoms with Gasteiger partial charge in [0, 0.05) is 24.5 Å². The van der Waals surface area contributed by atoms with Crippen LogP contribution in [0.5, 0.6) is 0 Å². The Bertz CT molecular complexity index is 3260.